The predicted molar refractivity (Wildman–Crippen MR) is 118 cm³/mol. The maximum Gasteiger partial charge on any atom is 0.330 e. The number of nitrogens with zero attached hydrogens (tertiary/aromatic N) is 5. The zero-order chi connectivity index (χ0) is 22.1. The van der Waals surface area contributed by atoms with E-state index >= 15 is 0 Å². The van der Waals surface area contributed by atoms with Crippen LogP contribution >= 0.6 is 11.6 Å². The number of pyridine rings is 1. The van der Waals surface area contributed by atoms with Gasteiger partial charge in [0, 0.05) is 30.4 Å². The summed E-state index contributed by atoms with van der Waals surface area (Å²) in [5, 5.41) is 11.3. The number of aromatic nitrogens is 6. The Bertz CT molecular complexity index is 1450. The summed E-state index contributed by atoms with van der Waals surface area (Å²) in [6.45, 7) is 0. The zero-order valence-electron chi connectivity index (χ0n) is 17.3. The van der Waals surface area contributed by atoms with Crippen molar-refractivity contribution in [3.8, 4) is 11.4 Å². The molecule has 3 saturated carbocycles. The lowest BCUT2D eigenvalue weighted by Crippen LogP contribution is -2.47. The number of carbonyl (C=O) groups is 1. The standard InChI is InChI=1S/C22H21ClN6O3/c1-28-15-9-26-19(14-8-25-18-13(14)6-12(23)7-24-18)27-20(15)29(22(28)32)17-11-4-2-10(3-5-11)16(17)21(30)31/h6-11,16-17H,2-5H2,1H3,(H,24,25)(H,30,31)/t10?,11?,16-,17-/m0/s1. The number of carboxylic acid groups (broad SMARTS) is 1. The lowest BCUT2D eigenvalue weighted by atomic mass is 9.61. The molecule has 164 valence electrons. The van der Waals surface area contributed by atoms with Gasteiger partial charge < -0.3 is 10.1 Å². The molecule has 3 aliphatic rings. The van der Waals surface area contributed by atoms with Crippen LogP contribution in [0, 0.1) is 17.8 Å². The molecule has 2 N–H and O–H groups in total. The van der Waals surface area contributed by atoms with Gasteiger partial charge >= 0.3 is 11.7 Å². The third-order valence-corrected chi connectivity index (χ3v) is 7.54. The van der Waals surface area contributed by atoms with Gasteiger partial charge in [-0.3, -0.25) is 13.9 Å². The molecule has 0 amide bonds. The van der Waals surface area contributed by atoms with Gasteiger partial charge in [0.2, 0.25) is 0 Å². The maximum atomic E-state index is 13.3. The second-order valence-corrected chi connectivity index (χ2v) is 9.33. The van der Waals surface area contributed by atoms with Gasteiger partial charge in [-0.2, -0.15) is 0 Å². The molecule has 3 aliphatic carbocycles. The van der Waals surface area contributed by atoms with E-state index in [1.807, 2.05) is 0 Å². The minimum atomic E-state index is -0.833. The highest BCUT2D eigenvalue weighted by Crippen LogP contribution is 2.51. The highest BCUT2D eigenvalue weighted by Gasteiger charge is 2.49. The van der Waals surface area contributed by atoms with E-state index in [0.29, 0.717) is 27.7 Å². The molecule has 0 unspecified atom stereocenters. The Morgan fingerprint density at radius 3 is 2.69 bits per heavy atom. The number of aryl methyl sites for hydroxylation is 1. The molecule has 2 bridgehead atoms. The Balaban J connectivity index is 1.58. The fourth-order valence-electron chi connectivity index (χ4n) is 5.83. The summed E-state index contributed by atoms with van der Waals surface area (Å²) in [6.07, 6.45) is 8.64. The van der Waals surface area contributed by atoms with Gasteiger partial charge in [0.05, 0.1) is 23.2 Å². The van der Waals surface area contributed by atoms with E-state index in [9.17, 15) is 14.7 Å². The summed E-state index contributed by atoms with van der Waals surface area (Å²) in [4.78, 5) is 42.2. The van der Waals surface area contributed by atoms with Crippen LogP contribution in [0.1, 0.15) is 31.7 Å². The Hall–Kier alpha value is -3.20. The van der Waals surface area contributed by atoms with Gasteiger partial charge in [0.1, 0.15) is 11.2 Å². The van der Waals surface area contributed by atoms with Crippen molar-refractivity contribution in [2.75, 3.05) is 0 Å². The quantitative estimate of drug-likeness (QED) is 0.491. The first-order valence-electron chi connectivity index (χ1n) is 10.7. The first kappa shape index (κ1) is 19.5. The fraction of sp³-hybridized carbons (Fsp3) is 0.409. The normalized spacial score (nSPS) is 25.1. The summed E-state index contributed by atoms with van der Waals surface area (Å²) < 4.78 is 3.13. The summed E-state index contributed by atoms with van der Waals surface area (Å²) in [6, 6.07) is 1.39. The van der Waals surface area contributed by atoms with Crippen LogP contribution in [-0.4, -0.2) is 40.1 Å². The smallest absolute Gasteiger partial charge is 0.330 e. The topological polar surface area (TPSA) is 119 Å². The van der Waals surface area contributed by atoms with Crippen molar-refractivity contribution in [2.24, 2.45) is 24.8 Å². The summed E-state index contributed by atoms with van der Waals surface area (Å²) in [5.74, 6) is -0.744. The van der Waals surface area contributed by atoms with E-state index in [0.717, 1.165) is 36.6 Å². The van der Waals surface area contributed by atoms with Crippen LogP contribution in [0.15, 0.2) is 29.5 Å². The van der Waals surface area contributed by atoms with Crippen molar-refractivity contribution in [3.63, 3.8) is 0 Å². The van der Waals surface area contributed by atoms with Crippen LogP contribution in [0.25, 0.3) is 33.6 Å². The number of fused-ring (bicyclic) bond motifs is 5. The van der Waals surface area contributed by atoms with Crippen molar-refractivity contribution >= 4 is 39.8 Å². The van der Waals surface area contributed by atoms with Crippen LogP contribution < -0.4 is 5.69 Å². The van der Waals surface area contributed by atoms with E-state index in [4.69, 9.17) is 16.6 Å². The third-order valence-electron chi connectivity index (χ3n) is 7.33. The Labute approximate surface area is 187 Å². The molecule has 4 aromatic heterocycles. The van der Waals surface area contributed by atoms with E-state index in [-0.39, 0.29) is 17.5 Å². The average Bonchev–Trinajstić information content (AvgIpc) is 3.32. The molecule has 32 heavy (non-hydrogen) atoms. The SMILES string of the molecule is Cn1c(=O)n([C@H]2C3CCC(CC3)[C@@H]2C(=O)O)c2nc(-c3c[nH]c4ncc(Cl)cc34)ncc21. The van der Waals surface area contributed by atoms with Crippen LogP contribution in [0.5, 0.6) is 0 Å². The highest BCUT2D eigenvalue weighted by molar-refractivity contribution is 6.31. The average molecular weight is 453 g/mol. The molecule has 7 rings (SSSR count). The molecular weight excluding hydrogens is 432 g/mol. The van der Waals surface area contributed by atoms with Gasteiger partial charge in [-0.25, -0.2) is 19.7 Å². The summed E-state index contributed by atoms with van der Waals surface area (Å²) in [7, 11) is 1.68. The summed E-state index contributed by atoms with van der Waals surface area (Å²) >= 11 is 6.14. The van der Waals surface area contributed by atoms with Crippen molar-refractivity contribution in [1.82, 2.24) is 29.1 Å². The van der Waals surface area contributed by atoms with Crippen LogP contribution in [0.3, 0.4) is 0 Å². The number of hydrogen-bond donors (Lipinski definition) is 2. The molecule has 0 aromatic carbocycles. The Morgan fingerprint density at radius 2 is 1.94 bits per heavy atom. The lowest BCUT2D eigenvalue weighted by molar-refractivity contribution is -0.151. The molecule has 0 radical (unpaired) electrons. The number of aromatic amines is 1. The Morgan fingerprint density at radius 1 is 1.19 bits per heavy atom. The zero-order valence-corrected chi connectivity index (χ0v) is 18.1. The van der Waals surface area contributed by atoms with Crippen LogP contribution in [0.2, 0.25) is 5.02 Å². The first-order chi connectivity index (χ1) is 15.4. The molecule has 2 atom stereocenters. The number of halogens is 1. The van der Waals surface area contributed by atoms with E-state index in [2.05, 4.69) is 15.0 Å². The fourth-order valence-corrected chi connectivity index (χ4v) is 5.99. The van der Waals surface area contributed by atoms with Gasteiger partial charge in [0.15, 0.2) is 11.5 Å². The molecule has 4 aromatic rings. The minimum Gasteiger partial charge on any atom is -0.481 e. The minimum absolute atomic E-state index is 0.0906. The second-order valence-electron chi connectivity index (χ2n) is 8.90. The lowest BCUT2D eigenvalue weighted by Gasteiger charge is -2.46. The van der Waals surface area contributed by atoms with Gasteiger partial charge in [0.25, 0.3) is 0 Å². The third kappa shape index (κ3) is 2.67. The van der Waals surface area contributed by atoms with Gasteiger partial charge in [-0.1, -0.05) is 11.6 Å². The van der Waals surface area contributed by atoms with Gasteiger partial charge in [-0.05, 0) is 43.6 Å². The van der Waals surface area contributed by atoms with Crippen LogP contribution in [0.4, 0.5) is 0 Å². The number of H-pyrrole nitrogens is 1. The Kier molecular flexibility index (Phi) is 4.20. The number of aliphatic carboxylic acids is 1. The summed E-state index contributed by atoms with van der Waals surface area (Å²) in [5.41, 5.74) is 2.18. The van der Waals surface area contributed by atoms with Crippen molar-refractivity contribution in [2.45, 2.75) is 31.7 Å². The van der Waals surface area contributed by atoms with E-state index < -0.39 is 17.9 Å². The van der Waals surface area contributed by atoms with Crippen molar-refractivity contribution in [3.05, 3.63) is 40.2 Å². The number of nitrogens with one attached hydrogen (secondary N) is 1. The number of hydrogen-bond acceptors (Lipinski definition) is 5. The molecule has 0 saturated heterocycles. The molecular formula is C22H21ClN6O3. The molecule has 0 aliphatic heterocycles. The predicted octanol–water partition coefficient (Wildman–Crippen LogP) is 3.39. The van der Waals surface area contributed by atoms with Gasteiger partial charge in [-0.15, -0.1) is 0 Å². The van der Waals surface area contributed by atoms with E-state index in [1.54, 1.807) is 36.3 Å². The second kappa shape index (κ2) is 6.90. The van der Waals surface area contributed by atoms with Crippen molar-refractivity contribution < 1.29 is 9.90 Å². The molecule has 3 fully saturated rings. The number of carboxylic acids is 1. The highest BCUT2D eigenvalue weighted by atomic mass is 35.5. The molecule has 4 heterocycles. The van der Waals surface area contributed by atoms with Crippen LogP contribution in [-0.2, 0) is 11.8 Å². The number of imidazole rings is 1. The maximum absolute atomic E-state index is 13.3. The molecule has 10 heteroatoms. The first-order valence-corrected chi connectivity index (χ1v) is 11.1. The monoisotopic (exact) mass is 452 g/mol. The number of rotatable bonds is 3. The van der Waals surface area contributed by atoms with E-state index in [1.165, 1.54) is 4.57 Å². The largest absolute Gasteiger partial charge is 0.481 e. The molecule has 0 spiro atoms. The van der Waals surface area contributed by atoms with Crippen molar-refractivity contribution in [1.29, 1.82) is 0 Å². The molecule has 9 nitrogen and oxygen atoms in total.